The number of likely N-dealkylation sites (N-methyl/N-ethyl adjacent to an activating group) is 7. The number of alkyl halides is 4. The smallest absolute Gasteiger partial charge is 0.377 e. The molecule has 3 unspecified atom stereocenters. The average molecular weight is 1450 g/mol. The lowest BCUT2D eigenvalue weighted by molar-refractivity contribution is -0.201. The minimum absolute atomic E-state index is 0.00157. The van der Waals surface area contributed by atoms with Crippen LogP contribution in [0.3, 0.4) is 0 Å². The van der Waals surface area contributed by atoms with E-state index in [9.17, 15) is 41.9 Å². The lowest BCUT2D eigenvalue weighted by Gasteiger charge is -2.41. The van der Waals surface area contributed by atoms with Crippen molar-refractivity contribution in [3.05, 3.63) is 0 Å². The Morgan fingerprint density at radius 2 is 1.18 bits per heavy atom. The second kappa shape index (κ2) is 37.8. The van der Waals surface area contributed by atoms with Gasteiger partial charge in [-0.25, -0.2) is 4.39 Å². The number of hydrogen-bond donors (Lipinski definition) is 3. The highest BCUT2D eigenvalue weighted by atomic mass is 19.4. The van der Waals surface area contributed by atoms with Crippen LogP contribution in [-0.4, -0.2) is 276 Å². The molecule has 25 nitrogen and oxygen atoms in total. The molecule has 6 rings (SSSR count). The molecule has 1 spiro atoms. The minimum Gasteiger partial charge on any atom is -0.377 e. The molecule has 3 aliphatic heterocycles. The summed E-state index contributed by atoms with van der Waals surface area (Å²) < 4.78 is 63.2. The number of carbonyl (C=O) groups excluding carboxylic acids is 12. The minimum atomic E-state index is -4.77. The van der Waals surface area contributed by atoms with Crippen molar-refractivity contribution in [2.24, 2.45) is 35.5 Å². The van der Waals surface area contributed by atoms with Gasteiger partial charge in [-0.05, 0) is 120 Å². The highest BCUT2D eigenvalue weighted by molar-refractivity contribution is 6.00. The van der Waals surface area contributed by atoms with Gasteiger partial charge in [-0.2, -0.15) is 13.2 Å². The molecule has 3 N–H and O–H groups in total. The van der Waals surface area contributed by atoms with Crippen LogP contribution in [0.4, 0.5) is 17.6 Å². The molecule has 578 valence electrons. The van der Waals surface area contributed by atoms with Crippen molar-refractivity contribution in [1.29, 1.82) is 0 Å². The van der Waals surface area contributed by atoms with Gasteiger partial charge in [0.05, 0.1) is 38.1 Å². The summed E-state index contributed by atoms with van der Waals surface area (Å²) in [6.45, 7) is 11.7. The molecule has 0 aromatic heterocycles. The van der Waals surface area contributed by atoms with E-state index in [0.717, 1.165) is 53.2 Å². The summed E-state index contributed by atoms with van der Waals surface area (Å²) >= 11 is 0. The Labute approximate surface area is 601 Å². The van der Waals surface area contributed by atoms with E-state index in [1.54, 1.807) is 18.7 Å². The molecule has 3 saturated heterocycles. The highest BCUT2D eigenvalue weighted by Gasteiger charge is 2.52. The molecule has 3 saturated carbocycles. The fraction of sp³-hybridized carbons (Fsp3) is 0.836. The SMILES string of the molecule is CCO[C@@H]1C[C@H]2C(=O)NC3(CCCC3)C(=O)N(C)[C@@H](CC(C)C)C(=O)N(C)[C@H](C(=O)N3CCCCC3)CC(=O)N(C)[C@@H](CC(C)C)C(=O)N[C@@H]([C@@H](C)CC)C(=O)N(C)CC(=O)N(C)CC(=O)N(C)[C@@H](CC3CCCCC3)C(=O)N(C)CC(=O)N[C@@H](CCC3CCC(C(F)(F)F)C(F)C3)C(=O)N2C1. The number of ether oxygens (including phenoxy) is 1. The Bertz CT molecular complexity index is 2920. The maximum atomic E-state index is 15.6. The molecular weight excluding hydrogens is 1330 g/mol. The first-order valence-electron chi connectivity index (χ1n) is 37.6. The van der Waals surface area contributed by atoms with Crippen LogP contribution in [0, 0.1) is 35.5 Å². The summed E-state index contributed by atoms with van der Waals surface area (Å²) in [5.41, 5.74) is -1.64. The van der Waals surface area contributed by atoms with Crippen LogP contribution in [-0.2, 0) is 62.3 Å². The van der Waals surface area contributed by atoms with Crippen molar-refractivity contribution in [3.63, 3.8) is 0 Å². The Morgan fingerprint density at radius 3 is 1.76 bits per heavy atom. The lowest BCUT2D eigenvalue weighted by atomic mass is 9.78. The summed E-state index contributed by atoms with van der Waals surface area (Å²) in [5, 5.41) is 8.71. The van der Waals surface area contributed by atoms with Crippen molar-refractivity contribution < 1.29 is 79.8 Å². The van der Waals surface area contributed by atoms with E-state index in [1.165, 1.54) is 73.8 Å². The van der Waals surface area contributed by atoms with Gasteiger partial charge in [0.25, 0.3) is 0 Å². The number of piperidine rings is 1. The molecule has 12 amide bonds. The van der Waals surface area contributed by atoms with Crippen molar-refractivity contribution >= 4 is 70.9 Å². The van der Waals surface area contributed by atoms with E-state index < -0.39 is 194 Å². The number of nitrogens with one attached hydrogen (secondary N) is 3. The Balaban J connectivity index is 1.44. The van der Waals surface area contributed by atoms with Crippen molar-refractivity contribution in [1.82, 2.24) is 60.0 Å². The second-order valence-electron chi connectivity index (χ2n) is 31.2. The highest BCUT2D eigenvalue weighted by Crippen LogP contribution is 2.43. The summed E-state index contributed by atoms with van der Waals surface area (Å²) in [6.07, 6.45) is -1.08. The summed E-state index contributed by atoms with van der Waals surface area (Å²) in [5.74, 6) is -11.8. The third kappa shape index (κ3) is 22.0. The van der Waals surface area contributed by atoms with Crippen LogP contribution < -0.4 is 16.0 Å². The van der Waals surface area contributed by atoms with Crippen molar-refractivity contribution in [3.8, 4) is 0 Å². The maximum Gasteiger partial charge on any atom is 0.394 e. The molecule has 0 bridgehead atoms. The maximum absolute atomic E-state index is 15.6. The van der Waals surface area contributed by atoms with E-state index in [1.807, 2.05) is 34.6 Å². The van der Waals surface area contributed by atoms with Crippen LogP contribution >= 0.6 is 0 Å². The molecule has 6 fully saturated rings. The molecule has 0 radical (unpaired) electrons. The third-order valence-corrected chi connectivity index (χ3v) is 22.5. The molecule has 0 aromatic rings. The zero-order valence-electron chi connectivity index (χ0n) is 63.2. The molecule has 29 heteroatoms. The molecule has 3 aliphatic carbocycles. The summed E-state index contributed by atoms with van der Waals surface area (Å²) in [6, 6.07) is -9.08. The van der Waals surface area contributed by atoms with Gasteiger partial charge in [0.15, 0.2) is 0 Å². The van der Waals surface area contributed by atoms with Crippen LogP contribution in [0.1, 0.15) is 196 Å². The number of rotatable bonds is 14. The number of amides is 12. The van der Waals surface area contributed by atoms with Crippen LogP contribution in [0.5, 0.6) is 0 Å². The molecule has 12 atom stereocenters. The van der Waals surface area contributed by atoms with E-state index in [4.69, 9.17) is 4.74 Å². The van der Waals surface area contributed by atoms with Gasteiger partial charge in [-0.1, -0.05) is 92.9 Å². The Hall–Kier alpha value is -6.68. The van der Waals surface area contributed by atoms with Gasteiger partial charge in [-0.3, -0.25) is 57.5 Å². The predicted octanol–water partition coefficient (Wildman–Crippen LogP) is 5.70. The van der Waals surface area contributed by atoms with Gasteiger partial charge in [0.1, 0.15) is 54.0 Å². The number of carbonyl (C=O) groups is 12. The first-order valence-corrected chi connectivity index (χ1v) is 37.6. The lowest BCUT2D eigenvalue weighted by Crippen LogP contribution is -2.64. The number of halogens is 4. The molecule has 3 heterocycles. The van der Waals surface area contributed by atoms with Crippen molar-refractivity contribution in [2.45, 2.75) is 262 Å². The first-order chi connectivity index (χ1) is 47.9. The third-order valence-electron chi connectivity index (χ3n) is 22.5. The van der Waals surface area contributed by atoms with Crippen LogP contribution in [0.2, 0.25) is 0 Å². The summed E-state index contributed by atoms with van der Waals surface area (Å²) in [4.78, 5) is 191. The molecule has 6 aliphatic rings. The van der Waals surface area contributed by atoms with Gasteiger partial charge in [0.2, 0.25) is 70.9 Å². The first kappa shape index (κ1) is 84.3. The normalized spacial score (nSPS) is 29.5. The Kier molecular flexibility index (Phi) is 31.3. The van der Waals surface area contributed by atoms with Crippen molar-refractivity contribution in [2.75, 3.05) is 95.2 Å². The van der Waals surface area contributed by atoms with Gasteiger partial charge in [-0.15, -0.1) is 0 Å². The quantitative estimate of drug-likeness (QED) is 0.176. The number of likely N-dealkylation sites (tertiary alicyclic amines) is 1. The molecule has 0 aromatic carbocycles. The van der Waals surface area contributed by atoms with E-state index in [2.05, 4.69) is 16.0 Å². The number of fused-ring (bicyclic) bond motifs is 1. The number of hydrogen-bond acceptors (Lipinski definition) is 13. The standard InChI is InChI=1S/C73H120F4N12O13/c1-15-47(7)63-70(100)83(10)43-61(92)81(8)44-62(93)85(12)57(38-48-25-19-17-20-26-48)67(97)82(9)42-59(90)78-53(30-28-49-27-29-51(52(74)37-49)73(75,76)77)66(96)89-41-50(102-16-2)39-55(89)65(95)80-72(31-21-22-32-72)71(101)87(14)56(36-46(5)6)68(98)86(13)58(69(99)88-33-23-18-24-34-88)40-60(91)84(11)54(35-45(3)4)64(94)79-63/h45-58,63H,15-44H2,1-14H3,(H,78,90)(H,79,94)(H,80,95)/t47-,49?,50+,51?,52?,53-,54-,55-,56-,57-,58-,63-/m0/s1. The topological polar surface area (TPSA) is 279 Å². The largest absolute Gasteiger partial charge is 0.394 e. The second-order valence-corrected chi connectivity index (χ2v) is 31.2. The Morgan fingerprint density at radius 1 is 0.588 bits per heavy atom. The van der Waals surface area contributed by atoms with Gasteiger partial charge >= 0.3 is 6.18 Å². The van der Waals surface area contributed by atoms with Gasteiger partial charge < -0.3 is 64.8 Å². The van der Waals surface area contributed by atoms with E-state index in [0.29, 0.717) is 45.2 Å². The predicted molar refractivity (Wildman–Crippen MR) is 373 cm³/mol. The average Bonchev–Trinajstić information content (AvgIpc) is 1.48. The van der Waals surface area contributed by atoms with Crippen LogP contribution in [0.15, 0.2) is 0 Å². The zero-order chi connectivity index (χ0) is 75.8. The van der Waals surface area contributed by atoms with E-state index >= 15 is 33.2 Å². The van der Waals surface area contributed by atoms with Crippen LogP contribution in [0.25, 0.3) is 0 Å². The zero-order valence-corrected chi connectivity index (χ0v) is 63.2. The fourth-order valence-corrected chi connectivity index (χ4v) is 15.9. The van der Waals surface area contributed by atoms with Gasteiger partial charge in [0, 0.05) is 82.0 Å². The molecular formula is C73H120F4N12O13. The van der Waals surface area contributed by atoms with E-state index in [-0.39, 0.29) is 88.7 Å². The summed E-state index contributed by atoms with van der Waals surface area (Å²) in [7, 11) is 9.83. The monoisotopic (exact) mass is 1450 g/mol. The molecule has 102 heavy (non-hydrogen) atoms. The number of nitrogens with zero attached hydrogens (tertiary/aromatic N) is 9. The fourth-order valence-electron chi connectivity index (χ4n) is 15.9.